The Balaban J connectivity index is 0.00000181. The molecule has 7 atom stereocenters. The zero-order valence-corrected chi connectivity index (χ0v) is 16.9. The fourth-order valence-corrected chi connectivity index (χ4v) is 7.09. The number of phenolic OH excluding ortho intramolecular Hbond substituents is 1. The van der Waals surface area contributed by atoms with Gasteiger partial charge in [-0.25, -0.2) is 0 Å². The molecule has 0 amide bonds. The molecule has 4 N–H and O–H groups in total. The van der Waals surface area contributed by atoms with Crippen molar-refractivity contribution in [3.8, 4) is 11.5 Å². The normalized spacial score (nSPS) is 48.4. The Kier molecular flexibility index (Phi) is 3.54. The summed E-state index contributed by atoms with van der Waals surface area (Å²) in [6, 6.07) is 3.28. The minimum absolute atomic E-state index is 0. The predicted molar refractivity (Wildman–Crippen MR) is 103 cm³/mol. The number of quaternary nitrogens is 1. The average molecular weight is 403 g/mol. The maximum Gasteiger partial charge on any atom is 0.174 e. The van der Waals surface area contributed by atoms with Crippen LogP contribution in [0.5, 0.6) is 11.5 Å². The summed E-state index contributed by atoms with van der Waals surface area (Å²) in [7, 11) is 2.05. The van der Waals surface area contributed by atoms with Crippen LogP contribution in [0, 0.1) is 7.43 Å². The molecule has 1 saturated heterocycles. The van der Waals surface area contributed by atoms with E-state index in [-0.39, 0.29) is 31.4 Å². The highest BCUT2D eigenvalue weighted by Gasteiger charge is 2.77. The van der Waals surface area contributed by atoms with Gasteiger partial charge in [0.15, 0.2) is 23.4 Å². The minimum atomic E-state index is -1.15. The quantitative estimate of drug-likeness (QED) is 0.415. The Morgan fingerprint density at radius 3 is 2.69 bits per heavy atom. The van der Waals surface area contributed by atoms with E-state index < -0.39 is 28.8 Å². The monoisotopic (exact) mass is 403 g/mol. The lowest BCUT2D eigenvalue weighted by Crippen LogP contribution is -2.81. The fraction of sp³-hybridized carbons (Fsp3) is 0.636. The third-order valence-corrected chi connectivity index (χ3v) is 8.55. The molecule has 2 heterocycles. The van der Waals surface area contributed by atoms with Crippen LogP contribution in [-0.2, 0) is 16.6 Å². The number of likely N-dealkylation sites (N-methyl/N-ethyl adjacent to an activating group) is 1. The number of nitrogens with zero attached hydrogens (tertiary/aromatic N) is 1. The van der Waals surface area contributed by atoms with Gasteiger partial charge in [0.05, 0.1) is 25.1 Å². The summed E-state index contributed by atoms with van der Waals surface area (Å²) < 4.78 is 6.49. The van der Waals surface area contributed by atoms with Crippen molar-refractivity contribution in [2.24, 2.45) is 0 Å². The number of hydrogen-bond acceptors (Lipinski definition) is 6. The Hall–Kier alpha value is -1.67. The molecule has 0 aromatic heterocycles. The van der Waals surface area contributed by atoms with Crippen LogP contribution >= 0.6 is 0 Å². The Labute approximate surface area is 170 Å². The van der Waals surface area contributed by atoms with E-state index in [9.17, 15) is 25.2 Å². The zero-order valence-electron chi connectivity index (χ0n) is 16.9. The molecule has 2 unspecified atom stereocenters. The van der Waals surface area contributed by atoms with E-state index in [0.717, 1.165) is 11.1 Å². The van der Waals surface area contributed by atoms with Gasteiger partial charge in [0.1, 0.15) is 23.8 Å². The first kappa shape index (κ1) is 19.3. The van der Waals surface area contributed by atoms with E-state index in [1.54, 1.807) is 6.07 Å². The standard InChI is InChI=1S/C21H25NO6.CH3/c1-22(10-19(26)9-15(19)25)7-6-20-16-11-2-3-12(23)17(16)28-18(20)13(24)4-5-21(20,27)14(22)8-11;/h2-3,14-15,18,25-27H,4-10H2,1H3;1H3/q;-1/p+1/t14-,15?,18+,19?,20+,21-,22-;/m1./s1. The highest BCUT2D eigenvalue weighted by Crippen LogP contribution is 2.66. The molecule has 1 aromatic rings. The van der Waals surface area contributed by atoms with Gasteiger partial charge in [0.25, 0.3) is 0 Å². The van der Waals surface area contributed by atoms with Crippen LogP contribution in [0.4, 0.5) is 0 Å². The molecule has 2 aliphatic heterocycles. The molecule has 29 heavy (non-hydrogen) atoms. The minimum Gasteiger partial charge on any atom is -0.504 e. The van der Waals surface area contributed by atoms with Crippen LogP contribution in [-0.4, -0.2) is 80.3 Å². The molecule has 7 nitrogen and oxygen atoms in total. The van der Waals surface area contributed by atoms with Gasteiger partial charge in [-0.15, -0.1) is 0 Å². The van der Waals surface area contributed by atoms with Crippen molar-refractivity contribution in [3.05, 3.63) is 30.7 Å². The fourth-order valence-electron chi connectivity index (χ4n) is 7.09. The molecular weight excluding hydrogens is 374 g/mol. The van der Waals surface area contributed by atoms with Crippen LogP contribution in [0.3, 0.4) is 0 Å². The summed E-state index contributed by atoms with van der Waals surface area (Å²) in [5, 5.41) is 43.1. The third kappa shape index (κ3) is 2.00. The molecule has 7 heteroatoms. The number of piperidine rings is 1. The second-order valence-corrected chi connectivity index (χ2v) is 9.96. The van der Waals surface area contributed by atoms with Crippen LogP contribution in [0.15, 0.2) is 12.1 Å². The van der Waals surface area contributed by atoms with Gasteiger partial charge in [0, 0.05) is 31.2 Å². The number of aromatic hydroxyl groups is 1. The van der Waals surface area contributed by atoms with Gasteiger partial charge in [-0.2, -0.15) is 0 Å². The number of phenols is 1. The molecule has 2 saturated carbocycles. The summed E-state index contributed by atoms with van der Waals surface area (Å²) in [5.74, 6) is 0.371. The zero-order chi connectivity index (χ0) is 19.7. The first-order valence-electron chi connectivity index (χ1n) is 10.2. The molecule has 3 fully saturated rings. The van der Waals surface area contributed by atoms with E-state index in [0.29, 0.717) is 49.0 Å². The third-order valence-electron chi connectivity index (χ3n) is 8.55. The number of ketones is 1. The van der Waals surface area contributed by atoms with Gasteiger partial charge in [0.2, 0.25) is 0 Å². The van der Waals surface area contributed by atoms with Gasteiger partial charge >= 0.3 is 0 Å². The molecule has 6 rings (SSSR count). The van der Waals surface area contributed by atoms with E-state index >= 15 is 0 Å². The summed E-state index contributed by atoms with van der Waals surface area (Å²) in [4.78, 5) is 12.8. The highest BCUT2D eigenvalue weighted by atomic mass is 16.5. The molecule has 1 spiro atoms. The van der Waals surface area contributed by atoms with Crippen molar-refractivity contribution in [1.82, 2.24) is 0 Å². The summed E-state index contributed by atoms with van der Waals surface area (Å²) in [5.41, 5.74) is -1.25. The van der Waals surface area contributed by atoms with Gasteiger partial charge in [-0.3, -0.25) is 4.79 Å². The molecule has 0 radical (unpaired) electrons. The Bertz CT molecular complexity index is 934. The van der Waals surface area contributed by atoms with E-state index in [1.807, 2.05) is 13.1 Å². The van der Waals surface area contributed by atoms with Crippen molar-refractivity contribution < 1.29 is 34.4 Å². The van der Waals surface area contributed by atoms with Crippen LogP contribution in [0.25, 0.3) is 0 Å². The number of ether oxygens (including phenoxy) is 1. The number of carbonyl (C=O) groups is 1. The second-order valence-electron chi connectivity index (χ2n) is 9.96. The first-order valence-corrected chi connectivity index (χ1v) is 10.2. The largest absolute Gasteiger partial charge is 0.504 e. The number of likely N-dealkylation sites (tertiary alicyclic amines) is 1. The predicted octanol–water partition coefficient (Wildman–Crippen LogP) is 0.206. The van der Waals surface area contributed by atoms with E-state index in [2.05, 4.69) is 0 Å². The van der Waals surface area contributed by atoms with Gasteiger partial charge < -0.3 is 37.1 Å². The lowest BCUT2D eigenvalue weighted by atomic mass is 9.48. The number of carbonyl (C=O) groups excluding carboxylic acids is 1. The summed E-state index contributed by atoms with van der Waals surface area (Å²) >= 11 is 0. The maximum atomic E-state index is 12.8. The lowest BCUT2D eigenvalue weighted by molar-refractivity contribution is -0.952. The van der Waals surface area contributed by atoms with Crippen LogP contribution in [0.1, 0.15) is 36.8 Å². The van der Waals surface area contributed by atoms with Crippen molar-refractivity contribution in [3.63, 3.8) is 0 Å². The SMILES string of the molecule is C[N@+]1(CC2(O)CC2O)CC[C@]23c4c5ccc(O)c4O[C@H]2C(=O)CC[C@@]3(O)[C@H]1C5.[CH3-]. The molecule has 5 aliphatic rings. The van der Waals surface area contributed by atoms with Crippen molar-refractivity contribution in [1.29, 1.82) is 0 Å². The van der Waals surface area contributed by atoms with Crippen LogP contribution < -0.4 is 4.74 Å². The number of aliphatic hydroxyl groups excluding tert-OH is 1. The number of rotatable bonds is 2. The smallest absolute Gasteiger partial charge is 0.174 e. The first-order chi connectivity index (χ1) is 13.1. The topological polar surface area (TPSA) is 107 Å². The van der Waals surface area contributed by atoms with Crippen molar-refractivity contribution in [2.45, 2.75) is 67.0 Å². The van der Waals surface area contributed by atoms with E-state index in [1.165, 1.54) is 0 Å². The molecule has 158 valence electrons. The molecule has 3 aliphatic carbocycles. The number of hydrogen-bond donors (Lipinski definition) is 4. The van der Waals surface area contributed by atoms with Gasteiger partial charge in [-0.1, -0.05) is 6.07 Å². The van der Waals surface area contributed by atoms with Gasteiger partial charge in [-0.05, 0) is 18.1 Å². The van der Waals surface area contributed by atoms with Crippen LogP contribution in [0.2, 0.25) is 0 Å². The number of benzene rings is 1. The molecular formula is C22H29NO6. The Morgan fingerprint density at radius 1 is 1.28 bits per heavy atom. The lowest BCUT2D eigenvalue weighted by Gasteiger charge is -2.64. The Morgan fingerprint density at radius 2 is 2.00 bits per heavy atom. The summed E-state index contributed by atoms with van der Waals surface area (Å²) in [6.07, 6.45) is 0.643. The van der Waals surface area contributed by atoms with Crippen molar-refractivity contribution in [2.75, 3.05) is 20.1 Å². The second kappa shape index (κ2) is 5.32. The van der Waals surface area contributed by atoms with E-state index in [4.69, 9.17) is 4.74 Å². The average Bonchev–Trinajstić information content (AvgIpc) is 3.05. The maximum absolute atomic E-state index is 12.8. The molecule has 2 bridgehead atoms. The summed E-state index contributed by atoms with van der Waals surface area (Å²) in [6.45, 7) is 1.06. The molecule has 1 aromatic carbocycles. The highest BCUT2D eigenvalue weighted by molar-refractivity contribution is 5.90. The van der Waals surface area contributed by atoms with Crippen molar-refractivity contribution >= 4 is 5.78 Å². The number of aliphatic hydroxyl groups is 3. The number of Topliss-reactive ketones (excluding diaryl/α,β-unsaturated/α-hetero) is 1.